The third-order valence-electron chi connectivity index (χ3n) is 2.79. The zero-order valence-electron chi connectivity index (χ0n) is 10.2. The van der Waals surface area contributed by atoms with Gasteiger partial charge in [0.15, 0.2) is 0 Å². The fourth-order valence-corrected chi connectivity index (χ4v) is 1.95. The van der Waals surface area contributed by atoms with E-state index >= 15 is 0 Å². The normalized spacial score (nSPS) is 10.5. The summed E-state index contributed by atoms with van der Waals surface area (Å²) in [6, 6.07) is 11.4. The van der Waals surface area contributed by atoms with Gasteiger partial charge in [-0.25, -0.2) is 4.79 Å². The van der Waals surface area contributed by atoms with E-state index < -0.39 is 5.97 Å². The Kier molecular flexibility index (Phi) is 3.79. The van der Waals surface area contributed by atoms with Gasteiger partial charge in [-0.15, -0.1) is 0 Å². The molecule has 2 rings (SSSR count). The number of rotatable bonds is 5. The van der Waals surface area contributed by atoms with Crippen LogP contribution in [0, 0.1) is 0 Å². The van der Waals surface area contributed by atoms with Gasteiger partial charge in [0.1, 0.15) is 6.73 Å². The molecule has 4 nitrogen and oxygen atoms in total. The summed E-state index contributed by atoms with van der Waals surface area (Å²) in [4.78, 5) is 11.2. The average Bonchev–Trinajstić information content (AvgIpc) is 2.74. The Bertz CT molecular complexity index is 531. The summed E-state index contributed by atoms with van der Waals surface area (Å²) in [5.74, 6) is -0.907. The molecule has 0 unspecified atom stereocenters. The number of methoxy groups -OCH3 is 1. The minimum atomic E-state index is -0.907. The van der Waals surface area contributed by atoms with Gasteiger partial charge < -0.3 is 14.4 Å². The first-order chi connectivity index (χ1) is 8.72. The largest absolute Gasteiger partial charge is 0.478 e. The van der Waals surface area contributed by atoms with Gasteiger partial charge in [0.25, 0.3) is 0 Å². The first kappa shape index (κ1) is 12.4. The molecule has 0 saturated carbocycles. The van der Waals surface area contributed by atoms with Crippen molar-refractivity contribution >= 4 is 5.97 Å². The summed E-state index contributed by atoms with van der Waals surface area (Å²) < 4.78 is 6.89. The van der Waals surface area contributed by atoms with Crippen LogP contribution in [0.4, 0.5) is 0 Å². The van der Waals surface area contributed by atoms with Crippen LogP contribution in [0.3, 0.4) is 0 Å². The van der Waals surface area contributed by atoms with Gasteiger partial charge in [-0.1, -0.05) is 30.3 Å². The number of carbonyl (C=O) groups is 1. The molecule has 1 N–H and O–H groups in total. The topological polar surface area (TPSA) is 51.5 Å². The second-order valence-electron chi connectivity index (χ2n) is 4.03. The van der Waals surface area contributed by atoms with Crippen molar-refractivity contribution < 1.29 is 14.6 Å². The molecular formula is C14H15NO3. The van der Waals surface area contributed by atoms with Crippen molar-refractivity contribution in [3.8, 4) is 0 Å². The van der Waals surface area contributed by atoms with E-state index in [-0.39, 0.29) is 0 Å². The number of aromatic nitrogens is 1. The van der Waals surface area contributed by atoms with E-state index in [1.165, 1.54) is 0 Å². The number of carboxylic acid groups (broad SMARTS) is 1. The summed E-state index contributed by atoms with van der Waals surface area (Å²) in [5.41, 5.74) is 2.17. The Hall–Kier alpha value is -2.07. The van der Waals surface area contributed by atoms with E-state index in [2.05, 4.69) is 0 Å². The van der Waals surface area contributed by atoms with Crippen LogP contribution in [0.1, 0.15) is 21.6 Å². The van der Waals surface area contributed by atoms with E-state index in [4.69, 9.17) is 4.74 Å². The minimum Gasteiger partial charge on any atom is -0.478 e. The highest BCUT2D eigenvalue weighted by atomic mass is 16.5. The molecule has 2 aromatic rings. The van der Waals surface area contributed by atoms with E-state index in [1.807, 2.05) is 34.9 Å². The molecule has 94 valence electrons. The molecule has 0 bridgehead atoms. The van der Waals surface area contributed by atoms with Crippen molar-refractivity contribution in [1.29, 1.82) is 0 Å². The van der Waals surface area contributed by atoms with Crippen LogP contribution in [0.15, 0.2) is 42.6 Å². The first-order valence-electron chi connectivity index (χ1n) is 5.66. The SMILES string of the molecule is COCn1ccc(C(=O)O)c1Cc1ccccc1. The van der Waals surface area contributed by atoms with E-state index in [9.17, 15) is 9.90 Å². The maximum absolute atomic E-state index is 11.2. The smallest absolute Gasteiger partial charge is 0.337 e. The minimum absolute atomic E-state index is 0.330. The molecule has 18 heavy (non-hydrogen) atoms. The summed E-state index contributed by atoms with van der Waals surface area (Å²) in [6.07, 6.45) is 2.32. The number of nitrogens with zero attached hydrogens (tertiary/aromatic N) is 1. The van der Waals surface area contributed by atoms with Gasteiger partial charge in [0, 0.05) is 25.4 Å². The number of benzene rings is 1. The Morgan fingerprint density at radius 2 is 2.00 bits per heavy atom. The van der Waals surface area contributed by atoms with Crippen LogP contribution in [0.5, 0.6) is 0 Å². The number of aromatic carboxylic acids is 1. The van der Waals surface area contributed by atoms with Gasteiger partial charge in [0.05, 0.1) is 5.56 Å². The molecule has 0 amide bonds. The molecule has 0 radical (unpaired) electrons. The lowest BCUT2D eigenvalue weighted by atomic mass is 10.1. The van der Waals surface area contributed by atoms with E-state index in [0.717, 1.165) is 11.3 Å². The number of hydrogen-bond acceptors (Lipinski definition) is 2. The molecule has 1 heterocycles. The van der Waals surface area contributed by atoms with Crippen LogP contribution >= 0.6 is 0 Å². The molecule has 1 aromatic heterocycles. The highest BCUT2D eigenvalue weighted by Crippen LogP contribution is 2.16. The highest BCUT2D eigenvalue weighted by Gasteiger charge is 2.15. The molecule has 1 aromatic carbocycles. The highest BCUT2D eigenvalue weighted by molar-refractivity contribution is 5.89. The van der Waals surface area contributed by atoms with E-state index in [1.54, 1.807) is 19.4 Å². The van der Waals surface area contributed by atoms with Crippen molar-refractivity contribution in [2.24, 2.45) is 0 Å². The third-order valence-corrected chi connectivity index (χ3v) is 2.79. The maximum atomic E-state index is 11.2. The van der Waals surface area contributed by atoms with Gasteiger partial charge in [-0.05, 0) is 11.6 Å². The van der Waals surface area contributed by atoms with Crippen molar-refractivity contribution in [2.75, 3.05) is 7.11 Å². The summed E-state index contributed by atoms with van der Waals surface area (Å²) >= 11 is 0. The third kappa shape index (κ3) is 2.60. The van der Waals surface area contributed by atoms with Crippen LogP contribution in [-0.2, 0) is 17.9 Å². The fourth-order valence-electron chi connectivity index (χ4n) is 1.95. The maximum Gasteiger partial charge on any atom is 0.337 e. The molecule has 0 atom stereocenters. The molecule has 0 saturated heterocycles. The molecule has 0 fully saturated rings. The Morgan fingerprint density at radius 3 is 2.61 bits per heavy atom. The lowest BCUT2D eigenvalue weighted by Gasteiger charge is -2.09. The van der Waals surface area contributed by atoms with Crippen molar-refractivity contribution in [3.05, 3.63) is 59.4 Å². The zero-order chi connectivity index (χ0) is 13.0. The van der Waals surface area contributed by atoms with Gasteiger partial charge in [-0.2, -0.15) is 0 Å². The van der Waals surface area contributed by atoms with Gasteiger partial charge in [-0.3, -0.25) is 0 Å². The van der Waals surface area contributed by atoms with E-state index in [0.29, 0.717) is 18.7 Å². The van der Waals surface area contributed by atoms with Gasteiger partial charge >= 0.3 is 5.97 Å². The Morgan fingerprint density at radius 1 is 1.28 bits per heavy atom. The molecule has 0 aliphatic rings. The predicted molar refractivity (Wildman–Crippen MR) is 67.6 cm³/mol. The fraction of sp³-hybridized carbons (Fsp3) is 0.214. The summed E-state index contributed by atoms with van der Waals surface area (Å²) in [6.45, 7) is 0.357. The van der Waals surface area contributed by atoms with Gasteiger partial charge in [0.2, 0.25) is 0 Å². The number of hydrogen-bond donors (Lipinski definition) is 1. The van der Waals surface area contributed by atoms with Crippen molar-refractivity contribution in [1.82, 2.24) is 4.57 Å². The second kappa shape index (κ2) is 5.51. The second-order valence-corrected chi connectivity index (χ2v) is 4.03. The van der Waals surface area contributed by atoms with Crippen molar-refractivity contribution in [2.45, 2.75) is 13.2 Å². The van der Waals surface area contributed by atoms with Crippen molar-refractivity contribution in [3.63, 3.8) is 0 Å². The lowest BCUT2D eigenvalue weighted by molar-refractivity contribution is 0.0694. The number of carboxylic acids is 1. The standard InChI is InChI=1S/C14H15NO3/c1-18-10-15-8-7-12(14(16)17)13(15)9-11-5-3-2-4-6-11/h2-8H,9-10H2,1H3,(H,16,17). The monoisotopic (exact) mass is 245 g/mol. The summed E-state index contributed by atoms with van der Waals surface area (Å²) in [7, 11) is 1.59. The zero-order valence-corrected chi connectivity index (χ0v) is 10.2. The average molecular weight is 245 g/mol. The molecular weight excluding hydrogens is 230 g/mol. The predicted octanol–water partition coefficient (Wildman–Crippen LogP) is 2.38. The molecule has 4 heteroatoms. The molecule has 0 aliphatic heterocycles. The van der Waals surface area contributed by atoms with Crippen LogP contribution < -0.4 is 0 Å². The summed E-state index contributed by atoms with van der Waals surface area (Å²) in [5, 5.41) is 9.17. The Balaban J connectivity index is 2.34. The Labute approximate surface area is 105 Å². The number of ether oxygens (including phenoxy) is 1. The molecule has 0 aliphatic carbocycles. The molecule has 0 spiro atoms. The van der Waals surface area contributed by atoms with Crippen LogP contribution in [0.2, 0.25) is 0 Å². The lowest BCUT2D eigenvalue weighted by Crippen LogP contribution is -2.08. The first-order valence-corrected chi connectivity index (χ1v) is 5.66. The quantitative estimate of drug-likeness (QED) is 0.879. The van der Waals surface area contributed by atoms with Crippen LogP contribution in [0.25, 0.3) is 0 Å². The van der Waals surface area contributed by atoms with Crippen LogP contribution in [-0.4, -0.2) is 22.8 Å².